The molecule has 3 heterocycles. The zero-order chi connectivity index (χ0) is 36.4. The van der Waals surface area contributed by atoms with E-state index in [2.05, 4.69) is 19.1 Å². The van der Waals surface area contributed by atoms with Crippen molar-refractivity contribution in [2.45, 2.75) is 56.0 Å². The van der Waals surface area contributed by atoms with Gasteiger partial charge in [0, 0.05) is 19.5 Å². The molecule has 0 aliphatic carbocycles. The number of fused-ring (bicyclic) bond motifs is 1. The summed E-state index contributed by atoms with van der Waals surface area (Å²) >= 11 is 0.872. The molecule has 268 valence electrons. The van der Waals surface area contributed by atoms with E-state index in [-0.39, 0.29) is 40.9 Å². The molecule has 2 aromatic carbocycles. The summed E-state index contributed by atoms with van der Waals surface area (Å²) in [6, 6.07) is 15.6. The van der Waals surface area contributed by atoms with Gasteiger partial charge in [-0.1, -0.05) is 36.0 Å². The molecule has 0 bridgehead atoms. The molecule has 0 amide bonds. The summed E-state index contributed by atoms with van der Waals surface area (Å²) in [6.07, 6.45) is -5.16. The first-order valence-electron chi connectivity index (χ1n) is 14.7. The molecule has 0 fully saturated rings. The molecular formula is C32H30F6N4O6S2. The number of pyridine rings is 1. The lowest BCUT2D eigenvalue weighted by Gasteiger charge is -2.30. The first kappa shape index (κ1) is 37.0. The third-order valence-corrected chi connectivity index (χ3v) is 9.20. The number of thioether (sulfide) groups is 1. The quantitative estimate of drug-likeness (QED) is 0.0512. The SMILES string of the molecule is COc1ccc(CN(Cc2ccc(OC)cc2)c2cc(C)c(C(F)(F)F)c(C3Cc4nc(SC)nc(OS(=O)(=O)C(F)(F)F)c4CO3)n2)cc1. The van der Waals surface area contributed by atoms with Crippen molar-refractivity contribution in [2.24, 2.45) is 0 Å². The number of alkyl halides is 6. The van der Waals surface area contributed by atoms with E-state index in [0.717, 1.165) is 22.9 Å². The zero-order valence-electron chi connectivity index (χ0n) is 26.9. The fourth-order valence-electron chi connectivity index (χ4n) is 5.27. The van der Waals surface area contributed by atoms with Gasteiger partial charge in [-0.3, -0.25) is 0 Å². The second kappa shape index (κ2) is 14.5. The van der Waals surface area contributed by atoms with Crippen LogP contribution < -0.4 is 18.6 Å². The van der Waals surface area contributed by atoms with Crippen molar-refractivity contribution in [1.82, 2.24) is 15.0 Å². The van der Waals surface area contributed by atoms with Gasteiger partial charge in [0.1, 0.15) is 23.4 Å². The van der Waals surface area contributed by atoms with E-state index in [1.54, 1.807) is 29.2 Å². The molecule has 0 saturated heterocycles. The number of aromatic nitrogens is 3. The Morgan fingerprint density at radius 3 is 1.94 bits per heavy atom. The topological polar surface area (TPSA) is 113 Å². The normalized spacial score (nSPS) is 15.0. The first-order chi connectivity index (χ1) is 23.5. The van der Waals surface area contributed by atoms with Gasteiger partial charge in [0.15, 0.2) is 5.16 Å². The van der Waals surface area contributed by atoms with Crippen molar-refractivity contribution in [3.05, 3.63) is 93.8 Å². The van der Waals surface area contributed by atoms with Crippen molar-refractivity contribution in [1.29, 1.82) is 0 Å². The molecule has 1 unspecified atom stereocenters. The Morgan fingerprint density at radius 2 is 1.46 bits per heavy atom. The van der Waals surface area contributed by atoms with E-state index in [9.17, 15) is 34.8 Å². The predicted molar refractivity (Wildman–Crippen MR) is 171 cm³/mol. The highest BCUT2D eigenvalue weighted by molar-refractivity contribution is 7.98. The van der Waals surface area contributed by atoms with Gasteiger partial charge >= 0.3 is 21.8 Å². The number of halogens is 6. The minimum Gasteiger partial charge on any atom is -0.497 e. The maximum atomic E-state index is 14.7. The van der Waals surface area contributed by atoms with Crippen LogP contribution in [0.4, 0.5) is 32.2 Å². The molecule has 0 saturated carbocycles. The van der Waals surface area contributed by atoms with Crippen molar-refractivity contribution in [3.63, 3.8) is 0 Å². The molecule has 50 heavy (non-hydrogen) atoms. The highest BCUT2D eigenvalue weighted by Gasteiger charge is 2.49. The van der Waals surface area contributed by atoms with Crippen LogP contribution in [0.5, 0.6) is 17.4 Å². The van der Waals surface area contributed by atoms with Crippen LogP contribution in [0.3, 0.4) is 0 Å². The standard InChI is InChI=1S/C32H30F6N4O6S2/c1-18-13-26(42(15-19-5-9-21(45-2)10-6-19)16-20-7-11-22(46-3)12-8-20)40-28(27(18)31(33,34)35)25-14-24-23(17-47-25)29(41-30(39-24)49-4)48-50(43,44)32(36,37)38/h5-13,25H,14-17H2,1-4H3. The first-order valence-corrected chi connectivity index (χ1v) is 17.3. The Kier molecular flexibility index (Phi) is 10.7. The number of methoxy groups -OCH3 is 2. The highest BCUT2D eigenvalue weighted by atomic mass is 32.2. The van der Waals surface area contributed by atoms with Gasteiger partial charge in [-0.2, -0.15) is 39.7 Å². The average molecular weight is 745 g/mol. The molecule has 2 aromatic heterocycles. The number of anilines is 1. The Balaban J connectivity index is 1.58. The summed E-state index contributed by atoms with van der Waals surface area (Å²) in [6.45, 7) is 1.12. The second-order valence-corrected chi connectivity index (χ2v) is 13.3. The van der Waals surface area contributed by atoms with E-state index in [0.29, 0.717) is 11.5 Å². The molecule has 10 nitrogen and oxygen atoms in total. The van der Waals surface area contributed by atoms with Crippen LogP contribution in [-0.2, 0) is 47.1 Å². The third-order valence-electron chi connectivity index (χ3n) is 7.71. The van der Waals surface area contributed by atoms with Crippen LogP contribution >= 0.6 is 11.8 Å². The fourth-order valence-corrected chi connectivity index (χ4v) is 6.08. The van der Waals surface area contributed by atoms with Gasteiger partial charge in [0.25, 0.3) is 0 Å². The van der Waals surface area contributed by atoms with E-state index in [1.807, 2.05) is 24.3 Å². The minimum atomic E-state index is -6.12. The lowest BCUT2D eigenvalue weighted by atomic mass is 9.97. The number of benzene rings is 2. The van der Waals surface area contributed by atoms with Gasteiger partial charge in [-0.25, -0.2) is 9.97 Å². The Morgan fingerprint density at radius 1 is 0.900 bits per heavy atom. The van der Waals surface area contributed by atoms with Gasteiger partial charge in [0.2, 0.25) is 5.88 Å². The number of nitrogens with zero attached hydrogens (tertiary/aromatic N) is 4. The lowest BCUT2D eigenvalue weighted by Crippen LogP contribution is -2.30. The van der Waals surface area contributed by atoms with Crippen molar-refractivity contribution in [3.8, 4) is 17.4 Å². The van der Waals surface area contributed by atoms with Crippen LogP contribution in [0, 0.1) is 6.92 Å². The molecule has 18 heteroatoms. The third kappa shape index (κ3) is 8.18. The van der Waals surface area contributed by atoms with E-state index >= 15 is 0 Å². The molecule has 0 radical (unpaired) electrons. The summed E-state index contributed by atoms with van der Waals surface area (Å²) < 4.78 is 128. The Hall–Kier alpha value is -4.29. The summed E-state index contributed by atoms with van der Waals surface area (Å²) in [5, 5.41) is -0.157. The van der Waals surface area contributed by atoms with E-state index in [1.165, 1.54) is 33.5 Å². The van der Waals surface area contributed by atoms with E-state index < -0.39 is 58.1 Å². The van der Waals surface area contributed by atoms with Crippen LogP contribution in [-0.4, -0.2) is 49.4 Å². The molecule has 5 rings (SSSR count). The van der Waals surface area contributed by atoms with Crippen molar-refractivity contribution < 1.29 is 53.2 Å². The Bertz CT molecular complexity index is 1890. The van der Waals surface area contributed by atoms with E-state index in [4.69, 9.17) is 14.2 Å². The van der Waals surface area contributed by atoms with Crippen LogP contribution in [0.1, 0.15) is 45.3 Å². The van der Waals surface area contributed by atoms with Gasteiger partial charge < -0.3 is 23.3 Å². The summed E-state index contributed by atoms with van der Waals surface area (Å²) in [4.78, 5) is 14.3. The molecule has 0 spiro atoms. The summed E-state index contributed by atoms with van der Waals surface area (Å²) in [7, 11) is -3.06. The molecule has 1 aliphatic heterocycles. The van der Waals surface area contributed by atoms with Crippen LogP contribution in [0.2, 0.25) is 0 Å². The summed E-state index contributed by atoms with van der Waals surface area (Å²) in [5.74, 6) is 0.511. The Labute approximate surface area is 287 Å². The van der Waals surface area contributed by atoms with Gasteiger partial charge in [-0.15, -0.1) is 0 Å². The van der Waals surface area contributed by atoms with Crippen molar-refractivity contribution in [2.75, 3.05) is 25.4 Å². The number of ether oxygens (including phenoxy) is 3. The predicted octanol–water partition coefficient (Wildman–Crippen LogP) is 7.19. The van der Waals surface area contributed by atoms with Gasteiger partial charge in [0.05, 0.1) is 43.3 Å². The van der Waals surface area contributed by atoms with Gasteiger partial charge in [-0.05, 0) is 60.2 Å². The largest absolute Gasteiger partial charge is 0.534 e. The zero-order valence-corrected chi connectivity index (χ0v) is 28.6. The van der Waals surface area contributed by atoms with Crippen LogP contribution in [0.15, 0.2) is 59.8 Å². The molecule has 0 N–H and O–H groups in total. The minimum absolute atomic E-state index is 0.0423. The molecule has 1 aliphatic rings. The van der Waals surface area contributed by atoms with Crippen LogP contribution in [0.25, 0.3) is 0 Å². The smallest absolute Gasteiger partial charge is 0.497 e. The number of hydrogen-bond acceptors (Lipinski definition) is 11. The highest BCUT2D eigenvalue weighted by Crippen LogP contribution is 2.43. The molecule has 4 aromatic rings. The maximum Gasteiger partial charge on any atom is 0.534 e. The number of rotatable bonds is 11. The monoisotopic (exact) mass is 744 g/mol. The summed E-state index contributed by atoms with van der Waals surface area (Å²) in [5.41, 5.74) is -6.07. The molecule has 1 atom stereocenters. The number of hydrogen-bond donors (Lipinski definition) is 0. The number of aryl methyl sites for hydroxylation is 1. The maximum absolute atomic E-state index is 14.7. The molecular weight excluding hydrogens is 714 g/mol. The average Bonchev–Trinajstić information content (AvgIpc) is 3.06. The van der Waals surface area contributed by atoms with Crippen molar-refractivity contribution >= 4 is 27.7 Å². The second-order valence-electron chi connectivity index (χ2n) is 11.0. The lowest BCUT2D eigenvalue weighted by molar-refractivity contribution is -0.140. The fraction of sp³-hybridized carbons (Fsp3) is 0.344.